The Morgan fingerprint density at radius 1 is 1.06 bits per heavy atom. The van der Waals surface area contributed by atoms with Crippen molar-refractivity contribution in [3.63, 3.8) is 0 Å². The number of aryl methyl sites for hydroxylation is 2. The molecule has 0 bridgehead atoms. The molecule has 0 aliphatic carbocycles. The summed E-state index contributed by atoms with van der Waals surface area (Å²) in [6, 6.07) is 21.2. The van der Waals surface area contributed by atoms with Crippen molar-refractivity contribution in [1.29, 1.82) is 0 Å². The average molecular weight is 445 g/mol. The lowest BCUT2D eigenvalue weighted by molar-refractivity contribution is -0.135. The number of morpholine rings is 1. The van der Waals surface area contributed by atoms with Crippen LogP contribution >= 0.6 is 0 Å². The molecule has 2 atom stereocenters. The lowest BCUT2D eigenvalue weighted by Gasteiger charge is -2.38. The van der Waals surface area contributed by atoms with Crippen molar-refractivity contribution in [2.45, 2.75) is 39.0 Å². The largest absolute Gasteiger partial charge is 0.374 e. The zero-order chi connectivity index (χ0) is 22.8. The molecule has 2 aliphatic rings. The molecule has 1 amide bonds. The van der Waals surface area contributed by atoms with E-state index in [1.165, 1.54) is 16.7 Å². The Hall–Kier alpha value is -2.96. The minimum atomic E-state index is 0.0451. The van der Waals surface area contributed by atoms with Crippen LogP contribution in [0.2, 0.25) is 0 Å². The summed E-state index contributed by atoms with van der Waals surface area (Å²) in [6.45, 7) is 8.81. The highest BCUT2D eigenvalue weighted by Gasteiger charge is 2.31. The van der Waals surface area contributed by atoms with E-state index in [0.717, 1.165) is 37.6 Å². The predicted molar refractivity (Wildman–Crippen MR) is 128 cm³/mol. The van der Waals surface area contributed by atoms with Crippen molar-refractivity contribution in [3.05, 3.63) is 88.7 Å². The van der Waals surface area contributed by atoms with Gasteiger partial charge in [-0.1, -0.05) is 54.6 Å². The average Bonchev–Trinajstić information content (AvgIpc) is 3.15. The van der Waals surface area contributed by atoms with Crippen LogP contribution in [-0.4, -0.2) is 64.4 Å². The fraction of sp³-hybridized carbons (Fsp3) is 0.407. The number of carbonyl (C=O) groups is 1. The lowest BCUT2D eigenvalue weighted by Crippen LogP contribution is -2.50. The first-order chi connectivity index (χ1) is 16.1. The molecule has 6 heteroatoms. The molecule has 2 unspecified atom stereocenters. The van der Waals surface area contributed by atoms with Crippen LogP contribution in [0.3, 0.4) is 0 Å². The molecule has 33 heavy (non-hydrogen) atoms. The lowest BCUT2D eigenvalue weighted by atomic mass is 9.84. The molecule has 1 aromatic heterocycles. The third kappa shape index (κ3) is 4.87. The first-order valence-corrected chi connectivity index (χ1v) is 11.8. The Morgan fingerprint density at radius 2 is 1.85 bits per heavy atom. The molecule has 3 heterocycles. The molecular weight excluding hydrogens is 412 g/mol. The first kappa shape index (κ1) is 21.9. The van der Waals surface area contributed by atoms with E-state index in [9.17, 15) is 4.79 Å². The van der Waals surface area contributed by atoms with Gasteiger partial charge >= 0.3 is 0 Å². The Labute approximate surface area is 195 Å². The number of rotatable bonds is 5. The van der Waals surface area contributed by atoms with Gasteiger partial charge in [-0.05, 0) is 36.6 Å². The Bertz CT molecular complexity index is 1110. The SMILES string of the molecule is Cc1cc(C)n(CC2CN(CC(=O)N3Cc4ccccc4C(c4ccccc4)C3)CCO2)n1. The van der Waals surface area contributed by atoms with Gasteiger partial charge < -0.3 is 9.64 Å². The highest BCUT2D eigenvalue weighted by molar-refractivity contribution is 5.79. The Morgan fingerprint density at radius 3 is 2.64 bits per heavy atom. The second-order valence-electron chi connectivity index (χ2n) is 9.27. The number of ether oxygens (including phenoxy) is 1. The van der Waals surface area contributed by atoms with Gasteiger partial charge in [0.15, 0.2) is 0 Å². The van der Waals surface area contributed by atoms with Gasteiger partial charge in [0.2, 0.25) is 5.91 Å². The number of aromatic nitrogens is 2. The predicted octanol–water partition coefficient (Wildman–Crippen LogP) is 3.38. The number of fused-ring (bicyclic) bond motifs is 1. The minimum Gasteiger partial charge on any atom is -0.374 e. The number of nitrogens with zero attached hydrogens (tertiary/aromatic N) is 4. The summed E-state index contributed by atoms with van der Waals surface area (Å²) >= 11 is 0. The van der Waals surface area contributed by atoms with E-state index in [2.05, 4.69) is 71.5 Å². The van der Waals surface area contributed by atoms with Crippen LogP contribution in [0.25, 0.3) is 0 Å². The third-order valence-electron chi connectivity index (χ3n) is 6.81. The van der Waals surface area contributed by atoms with Crippen molar-refractivity contribution < 1.29 is 9.53 Å². The van der Waals surface area contributed by atoms with Crippen molar-refractivity contribution in [1.82, 2.24) is 19.6 Å². The van der Waals surface area contributed by atoms with Crippen LogP contribution in [0.15, 0.2) is 60.7 Å². The summed E-state index contributed by atoms with van der Waals surface area (Å²) in [5, 5.41) is 4.57. The maximum atomic E-state index is 13.4. The fourth-order valence-electron chi connectivity index (χ4n) is 5.15. The number of benzene rings is 2. The Balaban J connectivity index is 1.26. The van der Waals surface area contributed by atoms with Crippen molar-refractivity contribution in [2.24, 2.45) is 0 Å². The van der Waals surface area contributed by atoms with E-state index < -0.39 is 0 Å². The van der Waals surface area contributed by atoms with E-state index in [1.807, 2.05) is 22.6 Å². The summed E-state index contributed by atoms with van der Waals surface area (Å²) in [5.74, 6) is 0.403. The monoisotopic (exact) mass is 444 g/mol. The van der Waals surface area contributed by atoms with Gasteiger partial charge in [0, 0.05) is 37.8 Å². The van der Waals surface area contributed by atoms with Crippen LogP contribution < -0.4 is 0 Å². The van der Waals surface area contributed by atoms with Gasteiger partial charge in [0.25, 0.3) is 0 Å². The van der Waals surface area contributed by atoms with E-state index >= 15 is 0 Å². The zero-order valence-corrected chi connectivity index (χ0v) is 19.5. The molecule has 3 aromatic rings. The summed E-state index contributed by atoms with van der Waals surface area (Å²) in [5.41, 5.74) is 6.01. The summed E-state index contributed by atoms with van der Waals surface area (Å²) < 4.78 is 8.01. The number of hydrogen-bond acceptors (Lipinski definition) is 4. The Kier molecular flexibility index (Phi) is 6.29. The summed E-state index contributed by atoms with van der Waals surface area (Å²) in [6.07, 6.45) is 0.0451. The second kappa shape index (κ2) is 9.49. The van der Waals surface area contributed by atoms with Crippen LogP contribution in [-0.2, 0) is 22.6 Å². The van der Waals surface area contributed by atoms with E-state index in [4.69, 9.17) is 4.74 Å². The molecule has 5 rings (SSSR count). The second-order valence-corrected chi connectivity index (χ2v) is 9.27. The highest BCUT2D eigenvalue weighted by atomic mass is 16.5. The molecule has 6 nitrogen and oxygen atoms in total. The molecule has 0 N–H and O–H groups in total. The molecule has 172 valence electrons. The van der Waals surface area contributed by atoms with Crippen LogP contribution in [0.1, 0.15) is 34.0 Å². The quantitative estimate of drug-likeness (QED) is 0.606. The molecule has 0 radical (unpaired) electrons. The van der Waals surface area contributed by atoms with Crippen LogP contribution in [0.4, 0.5) is 0 Å². The van der Waals surface area contributed by atoms with Gasteiger partial charge in [-0.3, -0.25) is 14.4 Å². The van der Waals surface area contributed by atoms with Crippen molar-refractivity contribution in [3.8, 4) is 0 Å². The minimum absolute atomic E-state index is 0.0451. The topological polar surface area (TPSA) is 50.6 Å². The molecule has 2 aromatic carbocycles. The van der Waals surface area contributed by atoms with Gasteiger partial charge in [0.05, 0.1) is 31.5 Å². The van der Waals surface area contributed by atoms with E-state index in [-0.39, 0.29) is 17.9 Å². The molecule has 0 saturated carbocycles. The molecule has 2 aliphatic heterocycles. The maximum absolute atomic E-state index is 13.4. The fourth-order valence-corrected chi connectivity index (χ4v) is 5.15. The van der Waals surface area contributed by atoms with Gasteiger partial charge in [-0.2, -0.15) is 5.10 Å². The third-order valence-corrected chi connectivity index (χ3v) is 6.81. The highest BCUT2D eigenvalue weighted by Crippen LogP contribution is 2.33. The first-order valence-electron chi connectivity index (χ1n) is 11.8. The number of hydrogen-bond donors (Lipinski definition) is 0. The van der Waals surface area contributed by atoms with Gasteiger partial charge in [0.1, 0.15) is 0 Å². The standard InChI is InChI=1S/C27H32N4O2/c1-20-14-21(2)31(28-20)17-24-16-29(12-13-33-24)19-27(32)30-15-23-10-6-7-11-25(23)26(18-30)22-8-4-3-5-9-22/h3-11,14,24,26H,12-13,15-19H2,1-2H3. The smallest absolute Gasteiger partial charge is 0.237 e. The van der Waals surface area contributed by atoms with Gasteiger partial charge in [-0.15, -0.1) is 0 Å². The molecular formula is C27H32N4O2. The van der Waals surface area contributed by atoms with Gasteiger partial charge in [-0.25, -0.2) is 0 Å². The van der Waals surface area contributed by atoms with Crippen LogP contribution in [0.5, 0.6) is 0 Å². The van der Waals surface area contributed by atoms with Crippen LogP contribution in [0, 0.1) is 13.8 Å². The van der Waals surface area contributed by atoms with Crippen molar-refractivity contribution in [2.75, 3.05) is 32.8 Å². The molecule has 1 saturated heterocycles. The molecule has 0 spiro atoms. The normalized spacial score (nSPS) is 21.1. The maximum Gasteiger partial charge on any atom is 0.237 e. The summed E-state index contributed by atoms with van der Waals surface area (Å²) in [7, 11) is 0. The molecule has 1 fully saturated rings. The van der Waals surface area contributed by atoms with E-state index in [0.29, 0.717) is 19.7 Å². The van der Waals surface area contributed by atoms with E-state index in [1.54, 1.807) is 0 Å². The van der Waals surface area contributed by atoms with Crippen molar-refractivity contribution >= 4 is 5.91 Å². The zero-order valence-electron chi connectivity index (χ0n) is 19.5. The summed E-state index contributed by atoms with van der Waals surface area (Å²) in [4.78, 5) is 17.7. The number of amides is 1. The number of carbonyl (C=O) groups excluding carboxylic acids is 1.